The lowest BCUT2D eigenvalue weighted by molar-refractivity contribution is -0.141. The molecule has 0 aliphatic heterocycles. The van der Waals surface area contributed by atoms with E-state index in [1.807, 2.05) is 0 Å². The van der Waals surface area contributed by atoms with Crippen LogP contribution in [0.5, 0.6) is 0 Å². The highest BCUT2D eigenvalue weighted by molar-refractivity contribution is 5.70. The Kier molecular flexibility index (Phi) is 4.51. The summed E-state index contributed by atoms with van der Waals surface area (Å²) >= 11 is 0. The molecule has 1 N–H and O–H groups in total. The van der Waals surface area contributed by atoms with Gasteiger partial charge in [0.2, 0.25) is 0 Å². The first-order valence-corrected chi connectivity index (χ1v) is 4.88. The molecule has 1 unspecified atom stereocenters. The zero-order valence-corrected chi connectivity index (χ0v) is 9.39. The van der Waals surface area contributed by atoms with E-state index in [2.05, 4.69) is 10.1 Å². The van der Waals surface area contributed by atoms with E-state index in [-0.39, 0.29) is 12.0 Å². The standard InChI is InChI=1S/C11H12F3NO2/c1-15-10(5-11(16)17-2)6-3-8(13)9(14)4-7(6)12/h3-4,10,15H,5H2,1-2H3. The van der Waals surface area contributed by atoms with Crippen LogP contribution in [-0.4, -0.2) is 20.1 Å². The summed E-state index contributed by atoms with van der Waals surface area (Å²) in [6.45, 7) is 0. The third-order valence-electron chi connectivity index (χ3n) is 2.36. The first kappa shape index (κ1) is 13.5. The molecule has 0 amide bonds. The number of rotatable bonds is 4. The Bertz CT molecular complexity index is 423. The molecule has 1 aromatic carbocycles. The van der Waals surface area contributed by atoms with Gasteiger partial charge in [0.25, 0.3) is 0 Å². The van der Waals surface area contributed by atoms with Crippen molar-refractivity contribution in [2.24, 2.45) is 0 Å². The minimum absolute atomic E-state index is 0.114. The number of carbonyl (C=O) groups excluding carboxylic acids is 1. The molecule has 0 aliphatic carbocycles. The van der Waals surface area contributed by atoms with Gasteiger partial charge >= 0.3 is 5.97 Å². The summed E-state index contributed by atoms with van der Waals surface area (Å²) in [5.41, 5.74) is -0.114. The molecule has 1 atom stereocenters. The predicted molar refractivity (Wildman–Crippen MR) is 54.7 cm³/mol. The van der Waals surface area contributed by atoms with Gasteiger partial charge in [0.1, 0.15) is 5.82 Å². The maximum atomic E-state index is 13.4. The maximum Gasteiger partial charge on any atom is 0.307 e. The van der Waals surface area contributed by atoms with E-state index in [0.717, 1.165) is 6.07 Å². The van der Waals surface area contributed by atoms with E-state index in [4.69, 9.17) is 0 Å². The Labute approximate surface area is 96.6 Å². The Hall–Kier alpha value is -1.56. The fourth-order valence-corrected chi connectivity index (χ4v) is 1.42. The normalized spacial score (nSPS) is 12.3. The molecule has 0 bridgehead atoms. The monoisotopic (exact) mass is 247 g/mol. The van der Waals surface area contributed by atoms with Crippen LogP contribution in [0, 0.1) is 17.5 Å². The van der Waals surface area contributed by atoms with Crippen LogP contribution in [0.4, 0.5) is 13.2 Å². The molecular weight excluding hydrogens is 235 g/mol. The molecule has 0 radical (unpaired) electrons. The van der Waals surface area contributed by atoms with E-state index in [0.29, 0.717) is 6.07 Å². The van der Waals surface area contributed by atoms with E-state index < -0.39 is 29.5 Å². The number of esters is 1. The van der Waals surface area contributed by atoms with Crippen molar-refractivity contribution >= 4 is 5.97 Å². The van der Waals surface area contributed by atoms with Crippen LogP contribution in [0.25, 0.3) is 0 Å². The second-order valence-corrected chi connectivity index (χ2v) is 3.41. The Balaban J connectivity index is 3.03. The van der Waals surface area contributed by atoms with Crippen molar-refractivity contribution in [1.82, 2.24) is 5.32 Å². The lowest BCUT2D eigenvalue weighted by atomic mass is 10.0. The summed E-state index contributed by atoms with van der Waals surface area (Å²) in [6.07, 6.45) is -0.172. The van der Waals surface area contributed by atoms with Crippen molar-refractivity contribution in [3.8, 4) is 0 Å². The van der Waals surface area contributed by atoms with Crippen LogP contribution < -0.4 is 5.32 Å². The molecule has 17 heavy (non-hydrogen) atoms. The summed E-state index contributed by atoms with van der Waals surface area (Å²) in [5.74, 6) is -3.91. The number of halogens is 3. The molecule has 94 valence electrons. The van der Waals surface area contributed by atoms with Crippen molar-refractivity contribution in [3.05, 3.63) is 35.1 Å². The number of nitrogens with one attached hydrogen (secondary N) is 1. The average Bonchev–Trinajstić information content (AvgIpc) is 2.30. The van der Waals surface area contributed by atoms with Gasteiger partial charge in [0, 0.05) is 17.7 Å². The number of ether oxygens (including phenoxy) is 1. The van der Waals surface area contributed by atoms with Crippen molar-refractivity contribution in [1.29, 1.82) is 0 Å². The second kappa shape index (κ2) is 5.67. The van der Waals surface area contributed by atoms with Crippen molar-refractivity contribution in [2.45, 2.75) is 12.5 Å². The third kappa shape index (κ3) is 3.20. The molecular formula is C11H12F3NO2. The number of hydrogen-bond donors (Lipinski definition) is 1. The van der Waals surface area contributed by atoms with Crippen LogP contribution in [-0.2, 0) is 9.53 Å². The topological polar surface area (TPSA) is 38.3 Å². The quantitative estimate of drug-likeness (QED) is 0.652. The summed E-state index contributed by atoms with van der Waals surface area (Å²) < 4.78 is 43.6. The molecule has 0 spiro atoms. The molecule has 0 saturated carbocycles. The number of carbonyl (C=O) groups is 1. The maximum absolute atomic E-state index is 13.4. The average molecular weight is 247 g/mol. The molecule has 1 rings (SSSR count). The van der Waals surface area contributed by atoms with Gasteiger partial charge in [-0.2, -0.15) is 0 Å². The van der Waals surface area contributed by atoms with E-state index in [9.17, 15) is 18.0 Å². The Morgan fingerprint density at radius 2 is 1.88 bits per heavy atom. The van der Waals surface area contributed by atoms with Gasteiger partial charge in [-0.15, -0.1) is 0 Å². The minimum atomic E-state index is -1.26. The lowest BCUT2D eigenvalue weighted by Crippen LogP contribution is -2.22. The summed E-state index contributed by atoms with van der Waals surface area (Å²) in [4.78, 5) is 11.1. The van der Waals surface area contributed by atoms with Crippen molar-refractivity contribution in [3.63, 3.8) is 0 Å². The summed E-state index contributed by atoms with van der Waals surface area (Å²) in [7, 11) is 2.67. The van der Waals surface area contributed by atoms with Crippen LogP contribution in [0.3, 0.4) is 0 Å². The van der Waals surface area contributed by atoms with Crippen LogP contribution in [0.1, 0.15) is 18.0 Å². The van der Waals surface area contributed by atoms with Gasteiger partial charge in [0.05, 0.1) is 13.5 Å². The van der Waals surface area contributed by atoms with Crippen molar-refractivity contribution < 1.29 is 22.7 Å². The highest BCUT2D eigenvalue weighted by atomic mass is 19.2. The van der Waals surface area contributed by atoms with E-state index >= 15 is 0 Å². The fraction of sp³-hybridized carbons (Fsp3) is 0.364. The van der Waals surface area contributed by atoms with Gasteiger partial charge in [-0.05, 0) is 13.1 Å². The zero-order chi connectivity index (χ0) is 13.0. The van der Waals surface area contributed by atoms with Gasteiger partial charge < -0.3 is 10.1 Å². The Morgan fingerprint density at radius 1 is 1.29 bits per heavy atom. The second-order valence-electron chi connectivity index (χ2n) is 3.41. The van der Waals surface area contributed by atoms with Gasteiger partial charge in [-0.3, -0.25) is 4.79 Å². The van der Waals surface area contributed by atoms with Crippen LogP contribution in [0.15, 0.2) is 12.1 Å². The number of benzene rings is 1. The summed E-state index contributed by atoms with van der Waals surface area (Å²) in [6, 6.07) is 0.415. The zero-order valence-electron chi connectivity index (χ0n) is 9.39. The molecule has 0 aliphatic rings. The van der Waals surface area contributed by atoms with E-state index in [1.165, 1.54) is 14.2 Å². The molecule has 0 heterocycles. The predicted octanol–water partition coefficient (Wildman–Crippen LogP) is 1.93. The first-order chi connectivity index (χ1) is 7.99. The largest absolute Gasteiger partial charge is 0.469 e. The number of methoxy groups -OCH3 is 1. The highest BCUT2D eigenvalue weighted by Crippen LogP contribution is 2.23. The van der Waals surface area contributed by atoms with Crippen LogP contribution >= 0.6 is 0 Å². The summed E-state index contributed by atoms with van der Waals surface area (Å²) in [5, 5.41) is 2.64. The Morgan fingerprint density at radius 3 is 2.41 bits per heavy atom. The van der Waals surface area contributed by atoms with Gasteiger partial charge in [-0.25, -0.2) is 13.2 Å². The van der Waals surface area contributed by atoms with Crippen molar-refractivity contribution in [2.75, 3.05) is 14.2 Å². The molecule has 3 nitrogen and oxygen atoms in total. The third-order valence-corrected chi connectivity index (χ3v) is 2.36. The molecule has 0 saturated heterocycles. The lowest BCUT2D eigenvalue weighted by Gasteiger charge is -2.16. The van der Waals surface area contributed by atoms with E-state index in [1.54, 1.807) is 0 Å². The smallest absolute Gasteiger partial charge is 0.307 e. The van der Waals surface area contributed by atoms with Gasteiger partial charge in [-0.1, -0.05) is 0 Å². The molecule has 6 heteroatoms. The molecule has 1 aromatic rings. The molecule has 0 aromatic heterocycles. The number of hydrogen-bond acceptors (Lipinski definition) is 3. The molecule has 0 fully saturated rings. The van der Waals surface area contributed by atoms with Gasteiger partial charge in [0.15, 0.2) is 11.6 Å². The first-order valence-electron chi connectivity index (χ1n) is 4.88. The van der Waals surface area contributed by atoms with Crippen LogP contribution in [0.2, 0.25) is 0 Å². The fourth-order valence-electron chi connectivity index (χ4n) is 1.42. The minimum Gasteiger partial charge on any atom is -0.469 e. The highest BCUT2D eigenvalue weighted by Gasteiger charge is 2.20. The SMILES string of the molecule is CNC(CC(=O)OC)c1cc(F)c(F)cc1F.